The van der Waals surface area contributed by atoms with Crippen LogP contribution < -0.4 is 10.5 Å². The number of nitrogens with two attached hydrogens (primary N) is 1. The van der Waals surface area contributed by atoms with Crippen molar-refractivity contribution in [2.75, 3.05) is 5.73 Å². The predicted octanol–water partition coefficient (Wildman–Crippen LogP) is 4.64. The van der Waals surface area contributed by atoms with Gasteiger partial charge < -0.3 is 10.5 Å². The van der Waals surface area contributed by atoms with Crippen LogP contribution >= 0.6 is 0 Å². The van der Waals surface area contributed by atoms with E-state index in [1.807, 2.05) is 19.1 Å². The molecule has 2 N–H and O–H groups in total. The summed E-state index contributed by atoms with van der Waals surface area (Å²) in [7, 11) is 0. The van der Waals surface area contributed by atoms with E-state index in [4.69, 9.17) is 10.5 Å². The Kier molecular flexibility index (Phi) is 3.88. The van der Waals surface area contributed by atoms with E-state index in [9.17, 15) is 13.2 Å². The van der Waals surface area contributed by atoms with Gasteiger partial charge in [0.2, 0.25) is 0 Å². The maximum Gasteiger partial charge on any atom is 0.416 e. The zero-order valence-electron chi connectivity index (χ0n) is 10.9. The molecule has 0 atom stereocenters. The Labute approximate surface area is 115 Å². The van der Waals surface area contributed by atoms with Gasteiger partial charge in [-0.3, -0.25) is 0 Å². The highest BCUT2D eigenvalue weighted by Crippen LogP contribution is 2.34. The lowest BCUT2D eigenvalue weighted by Crippen LogP contribution is -2.06. The topological polar surface area (TPSA) is 35.2 Å². The van der Waals surface area contributed by atoms with Crippen LogP contribution in [0.4, 0.5) is 18.9 Å². The van der Waals surface area contributed by atoms with E-state index in [-0.39, 0.29) is 11.4 Å². The summed E-state index contributed by atoms with van der Waals surface area (Å²) in [4.78, 5) is 0. The van der Waals surface area contributed by atoms with E-state index in [1.165, 1.54) is 6.07 Å². The Hall–Kier alpha value is -2.17. The molecule has 0 amide bonds. The third-order valence-corrected chi connectivity index (χ3v) is 2.82. The Balaban J connectivity index is 2.26. The molecule has 0 bridgehead atoms. The third kappa shape index (κ3) is 3.44. The second-order valence-electron chi connectivity index (χ2n) is 4.39. The molecule has 2 aromatic rings. The summed E-state index contributed by atoms with van der Waals surface area (Å²) < 4.78 is 43.4. The van der Waals surface area contributed by atoms with Crippen molar-refractivity contribution in [1.82, 2.24) is 0 Å². The van der Waals surface area contributed by atoms with Gasteiger partial charge in [0.25, 0.3) is 0 Å². The van der Waals surface area contributed by atoms with Crippen molar-refractivity contribution in [2.45, 2.75) is 19.5 Å². The van der Waals surface area contributed by atoms with Crippen LogP contribution in [0.15, 0.2) is 42.5 Å². The molecule has 0 heterocycles. The number of nitrogen functional groups attached to an aromatic ring is 1. The maximum atomic E-state index is 12.7. The SMILES string of the molecule is CCc1ccc(Oc2cc(N)cc(C(F)(F)F)c2)cc1. The summed E-state index contributed by atoms with van der Waals surface area (Å²) >= 11 is 0. The first-order chi connectivity index (χ1) is 9.38. The monoisotopic (exact) mass is 281 g/mol. The molecule has 20 heavy (non-hydrogen) atoms. The van der Waals surface area contributed by atoms with Gasteiger partial charge in [-0.05, 0) is 36.2 Å². The van der Waals surface area contributed by atoms with E-state index in [0.29, 0.717) is 5.75 Å². The Morgan fingerprint density at radius 2 is 1.65 bits per heavy atom. The van der Waals surface area contributed by atoms with E-state index < -0.39 is 11.7 Å². The summed E-state index contributed by atoms with van der Waals surface area (Å²) in [6.07, 6.45) is -3.56. The zero-order valence-corrected chi connectivity index (χ0v) is 10.9. The molecule has 0 radical (unpaired) electrons. The van der Waals surface area contributed by atoms with Gasteiger partial charge in [0, 0.05) is 11.8 Å². The zero-order chi connectivity index (χ0) is 14.8. The molecule has 0 spiro atoms. The summed E-state index contributed by atoms with van der Waals surface area (Å²) in [5.74, 6) is 0.544. The molecule has 5 heteroatoms. The van der Waals surface area contributed by atoms with Crippen molar-refractivity contribution in [1.29, 1.82) is 0 Å². The molecule has 2 nitrogen and oxygen atoms in total. The first-order valence-corrected chi connectivity index (χ1v) is 6.13. The first kappa shape index (κ1) is 14.2. The molecule has 2 rings (SSSR count). The first-order valence-electron chi connectivity index (χ1n) is 6.13. The van der Waals surface area contributed by atoms with Gasteiger partial charge in [-0.15, -0.1) is 0 Å². The minimum atomic E-state index is -4.44. The Morgan fingerprint density at radius 3 is 2.20 bits per heavy atom. The highest BCUT2D eigenvalue weighted by molar-refractivity contribution is 5.49. The molecular weight excluding hydrogens is 267 g/mol. The molecule has 0 aliphatic carbocycles. The molecular formula is C15H14F3NO. The fourth-order valence-corrected chi connectivity index (χ4v) is 1.77. The van der Waals surface area contributed by atoms with Crippen LogP contribution in [0.2, 0.25) is 0 Å². The largest absolute Gasteiger partial charge is 0.457 e. The lowest BCUT2D eigenvalue weighted by Gasteiger charge is -2.11. The standard InChI is InChI=1S/C15H14F3NO/c1-2-10-3-5-13(6-4-10)20-14-8-11(15(16,17)18)7-12(19)9-14/h3-9H,2,19H2,1H3. The fraction of sp³-hybridized carbons (Fsp3) is 0.200. The number of aryl methyl sites for hydroxylation is 1. The number of anilines is 1. The van der Waals surface area contributed by atoms with Crippen LogP contribution in [0.25, 0.3) is 0 Å². The Morgan fingerprint density at radius 1 is 1.00 bits per heavy atom. The number of benzene rings is 2. The van der Waals surface area contributed by atoms with Crippen LogP contribution in [-0.2, 0) is 12.6 Å². The lowest BCUT2D eigenvalue weighted by molar-refractivity contribution is -0.137. The summed E-state index contributed by atoms with van der Waals surface area (Å²) in [6.45, 7) is 2.02. The normalized spacial score (nSPS) is 11.4. The van der Waals surface area contributed by atoms with Gasteiger partial charge in [0.15, 0.2) is 0 Å². The second-order valence-corrected chi connectivity index (χ2v) is 4.39. The highest BCUT2D eigenvalue weighted by Gasteiger charge is 2.31. The molecule has 0 aliphatic heterocycles. The molecule has 2 aromatic carbocycles. The van der Waals surface area contributed by atoms with Crippen LogP contribution in [-0.4, -0.2) is 0 Å². The van der Waals surface area contributed by atoms with Crippen LogP contribution in [0.3, 0.4) is 0 Å². The van der Waals surface area contributed by atoms with Crippen molar-refractivity contribution in [2.24, 2.45) is 0 Å². The minimum absolute atomic E-state index is 0.0139. The molecule has 0 unspecified atom stereocenters. The van der Waals surface area contributed by atoms with Crippen molar-refractivity contribution in [3.05, 3.63) is 53.6 Å². The van der Waals surface area contributed by atoms with Gasteiger partial charge in [-0.25, -0.2) is 0 Å². The van der Waals surface area contributed by atoms with E-state index >= 15 is 0 Å². The molecule has 0 aromatic heterocycles. The summed E-state index contributed by atoms with van der Waals surface area (Å²) in [5.41, 5.74) is 5.79. The van der Waals surface area contributed by atoms with Crippen LogP contribution in [0.5, 0.6) is 11.5 Å². The number of rotatable bonds is 3. The smallest absolute Gasteiger partial charge is 0.416 e. The van der Waals surface area contributed by atoms with Gasteiger partial charge in [-0.2, -0.15) is 13.2 Å². The average molecular weight is 281 g/mol. The van der Waals surface area contributed by atoms with Crippen LogP contribution in [0, 0.1) is 0 Å². The molecule has 0 aliphatic rings. The second kappa shape index (κ2) is 5.45. The fourth-order valence-electron chi connectivity index (χ4n) is 1.77. The number of ether oxygens (including phenoxy) is 1. The van der Waals surface area contributed by atoms with Gasteiger partial charge in [0.1, 0.15) is 11.5 Å². The van der Waals surface area contributed by atoms with Gasteiger partial charge >= 0.3 is 6.18 Å². The molecule has 106 valence electrons. The van der Waals surface area contributed by atoms with E-state index in [2.05, 4.69) is 0 Å². The third-order valence-electron chi connectivity index (χ3n) is 2.82. The van der Waals surface area contributed by atoms with Gasteiger partial charge in [0.05, 0.1) is 5.56 Å². The number of hydrogen-bond acceptors (Lipinski definition) is 2. The number of halogens is 3. The summed E-state index contributed by atoms with van der Waals surface area (Å²) in [5, 5.41) is 0. The van der Waals surface area contributed by atoms with Crippen molar-refractivity contribution in [3.63, 3.8) is 0 Å². The minimum Gasteiger partial charge on any atom is -0.457 e. The highest BCUT2D eigenvalue weighted by atomic mass is 19.4. The summed E-state index contributed by atoms with van der Waals surface area (Å²) in [6, 6.07) is 10.4. The lowest BCUT2D eigenvalue weighted by atomic mass is 10.1. The Bertz CT molecular complexity index is 591. The predicted molar refractivity (Wildman–Crippen MR) is 71.8 cm³/mol. The van der Waals surface area contributed by atoms with E-state index in [1.54, 1.807) is 12.1 Å². The van der Waals surface area contributed by atoms with Crippen molar-refractivity contribution < 1.29 is 17.9 Å². The molecule has 0 saturated carbocycles. The molecule has 0 saturated heterocycles. The van der Waals surface area contributed by atoms with Crippen LogP contribution in [0.1, 0.15) is 18.1 Å². The van der Waals surface area contributed by atoms with Crippen molar-refractivity contribution >= 4 is 5.69 Å². The number of alkyl halides is 3. The number of hydrogen-bond donors (Lipinski definition) is 1. The average Bonchev–Trinajstić information content (AvgIpc) is 2.38. The van der Waals surface area contributed by atoms with Gasteiger partial charge in [-0.1, -0.05) is 19.1 Å². The maximum absolute atomic E-state index is 12.7. The van der Waals surface area contributed by atoms with Crippen molar-refractivity contribution in [3.8, 4) is 11.5 Å². The van der Waals surface area contributed by atoms with E-state index in [0.717, 1.165) is 24.1 Å². The quantitative estimate of drug-likeness (QED) is 0.832. The molecule has 0 fully saturated rings.